The lowest BCUT2D eigenvalue weighted by molar-refractivity contribution is 0.0894. The Hall–Kier alpha value is -3.06. The average Bonchev–Trinajstić information content (AvgIpc) is 3.45. The van der Waals surface area contributed by atoms with Gasteiger partial charge in [-0.25, -0.2) is 17.9 Å². The van der Waals surface area contributed by atoms with Crippen molar-refractivity contribution in [3.63, 3.8) is 0 Å². The standard InChI is InChI=1S/C22H21ClN6O4S2/c1-33-12-18(17-9-14(4-6-24-17)28-35(31,32)15-2-3-15)27-21(30)22-25-11-20(34-22)16-10-26-29-7-5-13(23)8-19(16)29/h4-11,15,18H,2-3,12H2,1H3,(H,24,28)(H,27,30)/t18-/m0/s1. The molecule has 2 N–H and O–H groups in total. The van der Waals surface area contributed by atoms with Gasteiger partial charge in [-0.2, -0.15) is 5.10 Å². The van der Waals surface area contributed by atoms with Gasteiger partial charge in [-0.1, -0.05) is 11.6 Å². The summed E-state index contributed by atoms with van der Waals surface area (Å²) in [5.41, 5.74) is 2.47. The van der Waals surface area contributed by atoms with Gasteiger partial charge in [0.2, 0.25) is 10.0 Å². The lowest BCUT2D eigenvalue weighted by atomic mass is 10.2. The first-order valence-corrected chi connectivity index (χ1v) is 13.4. The molecule has 0 aliphatic heterocycles. The van der Waals surface area contributed by atoms with Crippen molar-refractivity contribution in [2.45, 2.75) is 24.1 Å². The van der Waals surface area contributed by atoms with Crippen LogP contribution in [0.4, 0.5) is 5.69 Å². The number of nitrogens with zero attached hydrogens (tertiary/aromatic N) is 4. The van der Waals surface area contributed by atoms with Crippen molar-refractivity contribution in [2.24, 2.45) is 0 Å². The summed E-state index contributed by atoms with van der Waals surface area (Å²) >= 11 is 7.35. The van der Waals surface area contributed by atoms with Crippen LogP contribution in [-0.4, -0.2) is 52.9 Å². The fourth-order valence-corrected chi connectivity index (χ4v) is 5.94. The molecule has 35 heavy (non-hydrogen) atoms. The van der Waals surface area contributed by atoms with Crippen molar-refractivity contribution in [3.8, 4) is 10.4 Å². The molecule has 0 radical (unpaired) electrons. The molecule has 1 aliphatic carbocycles. The zero-order valence-corrected chi connectivity index (χ0v) is 20.9. The Morgan fingerprint density at radius 3 is 2.89 bits per heavy atom. The van der Waals surface area contributed by atoms with E-state index < -0.39 is 22.0 Å². The normalized spacial score (nSPS) is 14.7. The van der Waals surface area contributed by atoms with Gasteiger partial charge in [0.1, 0.15) is 0 Å². The molecule has 1 aliphatic rings. The van der Waals surface area contributed by atoms with Gasteiger partial charge in [0.05, 0.1) is 45.9 Å². The number of hydrogen-bond donors (Lipinski definition) is 2. The number of sulfonamides is 1. The molecule has 1 fully saturated rings. The number of hydrogen-bond acceptors (Lipinski definition) is 8. The Morgan fingerprint density at radius 1 is 1.29 bits per heavy atom. The number of ether oxygens (including phenoxy) is 1. The molecule has 0 aromatic carbocycles. The van der Waals surface area contributed by atoms with Crippen LogP contribution >= 0.6 is 22.9 Å². The molecule has 0 unspecified atom stereocenters. The molecule has 0 bridgehead atoms. The molecule has 0 saturated heterocycles. The summed E-state index contributed by atoms with van der Waals surface area (Å²) in [6.45, 7) is 0.141. The second kappa shape index (κ2) is 9.53. The quantitative estimate of drug-likeness (QED) is 0.337. The first kappa shape index (κ1) is 23.7. The summed E-state index contributed by atoms with van der Waals surface area (Å²) in [7, 11) is -1.91. The highest BCUT2D eigenvalue weighted by atomic mass is 35.5. The van der Waals surface area contributed by atoms with Crippen LogP contribution < -0.4 is 10.0 Å². The monoisotopic (exact) mass is 532 g/mol. The fourth-order valence-electron chi connectivity index (χ4n) is 3.56. The van der Waals surface area contributed by atoms with Gasteiger partial charge in [-0.3, -0.25) is 14.5 Å². The average molecular weight is 533 g/mol. The van der Waals surface area contributed by atoms with Crippen molar-refractivity contribution >= 4 is 50.1 Å². The highest BCUT2D eigenvalue weighted by Gasteiger charge is 2.35. The molecule has 4 aromatic heterocycles. The minimum atomic E-state index is -3.42. The summed E-state index contributed by atoms with van der Waals surface area (Å²) in [6, 6.07) is 6.10. The SMILES string of the molecule is COC[C@H](NC(=O)c1ncc(-c2cnn3ccc(Cl)cc23)s1)c1cc(NS(=O)(=O)C2CC2)ccn1. The molecule has 182 valence electrons. The Bertz CT molecular complexity index is 1500. The Kier molecular flexibility index (Phi) is 6.45. The number of anilines is 1. The van der Waals surface area contributed by atoms with Crippen LogP contribution in [0.1, 0.15) is 34.4 Å². The van der Waals surface area contributed by atoms with Crippen molar-refractivity contribution in [1.29, 1.82) is 0 Å². The summed E-state index contributed by atoms with van der Waals surface area (Å²) in [5.74, 6) is -0.399. The van der Waals surface area contributed by atoms with Crippen LogP contribution in [0, 0.1) is 0 Å². The summed E-state index contributed by atoms with van der Waals surface area (Å²) < 4.78 is 34.1. The largest absolute Gasteiger partial charge is 0.382 e. The Morgan fingerprint density at radius 2 is 2.11 bits per heavy atom. The first-order chi connectivity index (χ1) is 16.8. The summed E-state index contributed by atoms with van der Waals surface area (Å²) in [4.78, 5) is 22.4. The smallest absolute Gasteiger partial charge is 0.280 e. The van der Waals surface area contributed by atoms with Crippen molar-refractivity contribution in [2.75, 3.05) is 18.4 Å². The van der Waals surface area contributed by atoms with Crippen LogP contribution in [0.15, 0.2) is 49.1 Å². The number of nitrogens with one attached hydrogen (secondary N) is 2. The number of halogens is 1. The molecule has 1 atom stereocenters. The molecule has 13 heteroatoms. The number of carbonyl (C=O) groups is 1. The summed E-state index contributed by atoms with van der Waals surface area (Å²) in [6.07, 6.45) is 7.90. The van der Waals surface area contributed by atoms with E-state index in [1.165, 1.54) is 24.6 Å². The molecule has 0 spiro atoms. The van der Waals surface area contributed by atoms with Gasteiger partial charge in [-0.05, 0) is 37.1 Å². The van der Waals surface area contributed by atoms with Gasteiger partial charge in [0.15, 0.2) is 5.01 Å². The van der Waals surface area contributed by atoms with E-state index in [1.54, 1.807) is 47.4 Å². The van der Waals surface area contributed by atoms with Crippen LogP contribution in [0.5, 0.6) is 0 Å². The van der Waals surface area contributed by atoms with Crippen molar-refractivity contribution in [3.05, 3.63) is 64.8 Å². The second-order valence-corrected chi connectivity index (χ2v) is 11.5. The lowest BCUT2D eigenvalue weighted by Gasteiger charge is -2.18. The number of pyridine rings is 2. The third-order valence-electron chi connectivity index (χ3n) is 5.45. The van der Waals surface area contributed by atoms with E-state index in [1.807, 2.05) is 0 Å². The lowest BCUT2D eigenvalue weighted by Crippen LogP contribution is -2.32. The summed E-state index contributed by atoms with van der Waals surface area (Å²) in [5, 5.41) is 7.69. The molecule has 1 saturated carbocycles. The topological polar surface area (TPSA) is 128 Å². The highest BCUT2D eigenvalue weighted by Crippen LogP contribution is 2.32. The van der Waals surface area contributed by atoms with E-state index in [0.717, 1.165) is 16.0 Å². The maximum Gasteiger partial charge on any atom is 0.280 e. The van der Waals surface area contributed by atoms with E-state index in [0.29, 0.717) is 29.2 Å². The molecule has 10 nitrogen and oxygen atoms in total. The number of fused-ring (bicyclic) bond motifs is 1. The molecule has 4 heterocycles. The number of aromatic nitrogens is 4. The van der Waals surface area contributed by atoms with Gasteiger partial charge in [0.25, 0.3) is 5.91 Å². The third kappa shape index (κ3) is 5.15. The van der Waals surface area contributed by atoms with E-state index in [9.17, 15) is 13.2 Å². The van der Waals surface area contributed by atoms with Gasteiger partial charge >= 0.3 is 0 Å². The third-order valence-corrected chi connectivity index (χ3v) is 8.58. The number of rotatable bonds is 9. The first-order valence-electron chi connectivity index (χ1n) is 10.7. The zero-order valence-electron chi connectivity index (χ0n) is 18.5. The van der Waals surface area contributed by atoms with Crippen molar-refractivity contribution in [1.82, 2.24) is 24.9 Å². The molecular weight excluding hydrogens is 512 g/mol. The van der Waals surface area contributed by atoms with Crippen LogP contribution in [0.2, 0.25) is 5.02 Å². The van der Waals surface area contributed by atoms with E-state index in [-0.39, 0.29) is 16.9 Å². The second-order valence-electron chi connectivity index (χ2n) is 8.06. The number of amides is 1. The molecule has 1 amide bonds. The van der Waals surface area contributed by atoms with Gasteiger partial charge in [-0.15, -0.1) is 11.3 Å². The van der Waals surface area contributed by atoms with E-state index in [2.05, 4.69) is 25.1 Å². The van der Waals surface area contributed by atoms with E-state index in [4.69, 9.17) is 16.3 Å². The fraction of sp³-hybridized carbons (Fsp3) is 0.273. The number of thiazole rings is 1. The molecule has 4 aromatic rings. The minimum Gasteiger partial charge on any atom is -0.382 e. The highest BCUT2D eigenvalue weighted by molar-refractivity contribution is 7.93. The van der Waals surface area contributed by atoms with Crippen LogP contribution in [0.3, 0.4) is 0 Å². The Labute approximate surface area is 210 Å². The van der Waals surface area contributed by atoms with E-state index >= 15 is 0 Å². The number of methoxy groups -OCH3 is 1. The van der Waals surface area contributed by atoms with Crippen LogP contribution in [0.25, 0.3) is 16.0 Å². The maximum atomic E-state index is 13.0. The predicted octanol–water partition coefficient (Wildman–Crippen LogP) is 3.53. The molecule has 5 rings (SSSR count). The number of carbonyl (C=O) groups excluding carboxylic acids is 1. The Balaban J connectivity index is 1.35. The van der Waals surface area contributed by atoms with Crippen molar-refractivity contribution < 1.29 is 17.9 Å². The molecular formula is C22H21ClN6O4S2. The maximum absolute atomic E-state index is 13.0. The predicted molar refractivity (Wildman–Crippen MR) is 133 cm³/mol. The van der Waals surface area contributed by atoms with Crippen LogP contribution in [-0.2, 0) is 14.8 Å². The van der Waals surface area contributed by atoms with Gasteiger partial charge in [0, 0.05) is 36.3 Å². The minimum absolute atomic E-state index is 0.141. The zero-order chi connectivity index (χ0) is 24.6. The van der Waals surface area contributed by atoms with Gasteiger partial charge < -0.3 is 10.1 Å².